The highest BCUT2D eigenvalue weighted by Gasteiger charge is 2.33. The molecule has 11 heteroatoms. The van der Waals surface area contributed by atoms with E-state index >= 15 is 0 Å². The van der Waals surface area contributed by atoms with Gasteiger partial charge in [-0.15, -0.1) is 0 Å². The van der Waals surface area contributed by atoms with Crippen LogP contribution < -0.4 is 16.1 Å². The molecule has 2 aliphatic heterocycles. The van der Waals surface area contributed by atoms with Crippen LogP contribution in [0.15, 0.2) is 36.4 Å². The third kappa shape index (κ3) is 8.17. The molecule has 0 bridgehead atoms. The summed E-state index contributed by atoms with van der Waals surface area (Å²) in [6.45, 7) is 11.3. The molecule has 0 spiro atoms. The zero-order valence-corrected chi connectivity index (χ0v) is 25.6. The van der Waals surface area contributed by atoms with Crippen LogP contribution >= 0.6 is 0 Å². The van der Waals surface area contributed by atoms with Crippen molar-refractivity contribution in [1.82, 2.24) is 26.1 Å². The molecule has 5 atom stereocenters. The van der Waals surface area contributed by atoms with Gasteiger partial charge < -0.3 is 20.1 Å². The normalized spacial score (nSPS) is 22.7. The molecule has 2 aliphatic rings. The molecule has 3 amide bonds. The van der Waals surface area contributed by atoms with Crippen LogP contribution in [0.1, 0.15) is 71.2 Å². The number of aromatic nitrogens is 1. The van der Waals surface area contributed by atoms with Gasteiger partial charge in [-0.3, -0.25) is 29.2 Å². The molecule has 1 unspecified atom stereocenters. The molecule has 0 aliphatic carbocycles. The van der Waals surface area contributed by atoms with E-state index < -0.39 is 24.1 Å². The maximum atomic E-state index is 13.2. The lowest BCUT2D eigenvalue weighted by Gasteiger charge is -2.35. The molecule has 43 heavy (non-hydrogen) atoms. The lowest BCUT2D eigenvalue weighted by atomic mass is 9.89. The number of carbonyl (C=O) groups is 4. The summed E-state index contributed by atoms with van der Waals surface area (Å²) < 4.78 is 10.4. The second-order valence-electron chi connectivity index (χ2n) is 12.1. The molecule has 2 fully saturated rings. The van der Waals surface area contributed by atoms with Gasteiger partial charge in [-0.1, -0.05) is 51.1 Å². The first-order chi connectivity index (χ1) is 20.5. The number of nitrogens with one attached hydrogen (secondary N) is 3. The Balaban J connectivity index is 1.36. The van der Waals surface area contributed by atoms with E-state index in [1.807, 2.05) is 31.2 Å². The molecule has 2 saturated heterocycles. The van der Waals surface area contributed by atoms with Crippen molar-refractivity contribution in [3.63, 3.8) is 0 Å². The molecule has 1 aromatic heterocycles. The Labute approximate surface area is 252 Å². The highest BCUT2D eigenvalue weighted by molar-refractivity contribution is 5.90. The Morgan fingerprint density at radius 1 is 1.16 bits per heavy atom. The van der Waals surface area contributed by atoms with Crippen LogP contribution in [-0.4, -0.2) is 72.1 Å². The van der Waals surface area contributed by atoms with Gasteiger partial charge in [0.25, 0.3) is 18.3 Å². The molecular formula is C32H43N5O6. The summed E-state index contributed by atoms with van der Waals surface area (Å²) in [6, 6.07) is 8.20. The third-order valence-electron chi connectivity index (χ3n) is 8.03. The van der Waals surface area contributed by atoms with Crippen molar-refractivity contribution in [3.05, 3.63) is 47.7 Å². The van der Waals surface area contributed by atoms with Crippen molar-refractivity contribution >= 4 is 41.2 Å². The number of nitrogens with zero attached hydrogens (tertiary/aromatic N) is 2. The average Bonchev–Trinajstić information content (AvgIpc) is 3.44. The maximum Gasteiger partial charge on any atom is 0.293 e. The second-order valence-corrected chi connectivity index (χ2v) is 12.1. The summed E-state index contributed by atoms with van der Waals surface area (Å²) in [5.74, 6) is -1.44. The van der Waals surface area contributed by atoms with Gasteiger partial charge in [0.05, 0.1) is 23.9 Å². The largest absolute Gasteiger partial charge is 0.454 e. The monoisotopic (exact) mass is 593 g/mol. The Morgan fingerprint density at radius 3 is 2.63 bits per heavy atom. The number of hydrogen-bond acceptors (Lipinski definition) is 8. The molecular weight excluding hydrogens is 550 g/mol. The summed E-state index contributed by atoms with van der Waals surface area (Å²) in [7, 11) is 0. The first kappa shape index (κ1) is 32.1. The van der Waals surface area contributed by atoms with Crippen LogP contribution in [0.3, 0.4) is 0 Å². The van der Waals surface area contributed by atoms with Crippen LogP contribution in [0.2, 0.25) is 0 Å². The third-order valence-corrected chi connectivity index (χ3v) is 8.03. The summed E-state index contributed by atoms with van der Waals surface area (Å²) in [5.41, 5.74) is 5.69. The molecule has 2 aromatic rings. The number of pyridine rings is 1. The van der Waals surface area contributed by atoms with E-state index in [1.54, 1.807) is 20.8 Å². The molecule has 1 aromatic carbocycles. The molecule has 3 N–H and O–H groups in total. The Kier molecular flexibility index (Phi) is 10.5. The van der Waals surface area contributed by atoms with E-state index in [1.165, 1.54) is 5.01 Å². The predicted octanol–water partition coefficient (Wildman–Crippen LogP) is 3.05. The standard InChI is InChI=1S/C32H43N5O6/c1-20(2)28(43-19-38)30(40)34-22(4)31(41)37-15-6-7-26(36-37)29(39)33-21(3)25-11-10-24-9-8-23(17-27(24)35-25)12-13-32(5)14-16-42-18-32/h8-13,17,19-22,26,28,36H,6-7,14-16,18H2,1-5H3,(H,33,39)(H,34,40)/b13-12+/t21-,22+,26+,28+,32?/m1/s1. The first-order valence-corrected chi connectivity index (χ1v) is 14.9. The van der Waals surface area contributed by atoms with E-state index in [2.05, 4.69) is 41.2 Å². The van der Waals surface area contributed by atoms with E-state index in [9.17, 15) is 19.2 Å². The first-order valence-electron chi connectivity index (χ1n) is 14.9. The zero-order chi connectivity index (χ0) is 31.1. The van der Waals surface area contributed by atoms with Crippen molar-refractivity contribution in [2.75, 3.05) is 19.8 Å². The van der Waals surface area contributed by atoms with E-state index in [-0.39, 0.29) is 35.7 Å². The lowest BCUT2D eigenvalue weighted by Crippen LogP contribution is -2.61. The number of amides is 3. The maximum absolute atomic E-state index is 13.2. The number of carbonyl (C=O) groups excluding carboxylic acids is 4. The van der Waals surface area contributed by atoms with Crippen molar-refractivity contribution < 1.29 is 28.7 Å². The topological polar surface area (TPSA) is 139 Å². The fraction of sp³-hybridized carbons (Fsp3) is 0.531. The van der Waals surface area contributed by atoms with Crippen LogP contribution in [0, 0.1) is 11.3 Å². The van der Waals surface area contributed by atoms with Gasteiger partial charge in [-0.2, -0.15) is 0 Å². The molecule has 11 nitrogen and oxygen atoms in total. The highest BCUT2D eigenvalue weighted by atomic mass is 16.5. The van der Waals surface area contributed by atoms with E-state index in [4.69, 9.17) is 14.5 Å². The van der Waals surface area contributed by atoms with Gasteiger partial charge in [0.1, 0.15) is 12.1 Å². The average molecular weight is 594 g/mol. The van der Waals surface area contributed by atoms with Gasteiger partial charge >= 0.3 is 0 Å². The SMILES string of the molecule is CC(C)[C@H](OC=O)C(=O)N[C@@H](C)C(=O)N1CCC[C@@H](C(=O)N[C@H](C)c2ccc3ccc(/C=C/C4(C)CCOC4)cc3n2)N1. The van der Waals surface area contributed by atoms with Crippen LogP contribution in [0.5, 0.6) is 0 Å². The summed E-state index contributed by atoms with van der Waals surface area (Å²) in [6.07, 6.45) is 5.50. The molecule has 3 heterocycles. The van der Waals surface area contributed by atoms with Crippen molar-refractivity contribution in [2.45, 2.75) is 78.1 Å². The van der Waals surface area contributed by atoms with Crippen molar-refractivity contribution in [2.24, 2.45) is 11.3 Å². The van der Waals surface area contributed by atoms with Crippen molar-refractivity contribution in [1.29, 1.82) is 0 Å². The number of rotatable bonds is 11. The number of hydrogen-bond donors (Lipinski definition) is 3. The van der Waals surface area contributed by atoms with Gasteiger partial charge in [0.15, 0.2) is 6.10 Å². The fourth-order valence-corrected chi connectivity index (χ4v) is 5.30. The van der Waals surface area contributed by atoms with E-state index in [0.717, 1.165) is 41.8 Å². The summed E-state index contributed by atoms with van der Waals surface area (Å²) in [5, 5.41) is 8.02. The van der Waals surface area contributed by atoms with Gasteiger partial charge in [0.2, 0.25) is 5.91 Å². The predicted molar refractivity (Wildman–Crippen MR) is 162 cm³/mol. The van der Waals surface area contributed by atoms with Crippen molar-refractivity contribution in [3.8, 4) is 0 Å². The molecule has 0 saturated carbocycles. The summed E-state index contributed by atoms with van der Waals surface area (Å²) in [4.78, 5) is 54.4. The second kappa shape index (κ2) is 14.1. The minimum Gasteiger partial charge on any atom is -0.454 e. The van der Waals surface area contributed by atoms with Crippen LogP contribution in [0.4, 0.5) is 0 Å². The molecule has 0 radical (unpaired) electrons. The van der Waals surface area contributed by atoms with Gasteiger partial charge in [0, 0.05) is 24.0 Å². The minimum atomic E-state index is -0.996. The van der Waals surface area contributed by atoms with Crippen LogP contribution in [-0.2, 0) is 28.7 Å². The number of ether oxygens (including phenoxy) is 2. The summed E-state index contributed by atoms with van der Waals surface area (Å²) >= 11 is 0. The van der Waals surface area contributed by atoms with Crippen LogP contribution in [0.25, 0.3) is 17.0 Å². The molecule has 232 valence electrons. The Bertz CT molecular complexity index is 1360. The number of hydrazine groups is 1. The zero-order valence-electron chi connectivity index (χ0n) is 25.6. The Morgan fingerprint density at radius 2 is 1.93 bits per heavy atom. The fourth-order valence-electron chi connectivity index (χ4n) is 5.30. The quantitative estimate of drug-likeness (QED) is 0.338. The minimum absolute atomic E-state index is 0.0468. The number of fused-ring (bicyclic) bond motifs is 1. The molecule has 4 rings (SSSR count). The number of benzene rings is 1. The lowest BCUT2D eigenvalue weighted by molar-refractivity contribution is -0.150. The van der Waals surface area contributed by atoms with Gasteiger partial charge in [-0.05, 0) is 56.7 Å². The Hall–Kier alpha value is -3.83. The van der Waals surface area contributed by atoms with Gasteiger partial charge in [-0.25, -0.2) is 5.43 Å². The smallest absolute Gasteiger partial charge is 0.293 e. The van der Waals surface area contributed by atoms with E-state index in [0.29, 0.717) is 19.4 Å². The highest BCUT2D eigenvalue weighted by Crippen LogP contribution is 2.30.